The Bertz CT molecular complexity index is 893. The van der Waals surface area contributed by atoms with Crippen LogP contribution in [0.2, 0.25) is 0 Å². The first-order valence-electron chi connectivity index (χ1n) is 7.93. The Morgan fingerprint density at radius 3 is 2.12 bits per heavy atom. The van der Waals surface area contributed by atoms with Crippen molar-refractivity contribution >= 4 is 11.6 Å². The highest BCUT2D eigenvalue weighted by molar-refractivity contribution is 6.08. The van der Waals surface area contributed by atoms with Gasteiger partial charge in [0.25, 0.3) is 0 Å². The number of halogens is 1. The molecule has 0 saturated carbocycles. The SMILES string of the molecule is COc1cccc(C(=O)C[n+]2ccc(C(=O)c3ccccc3)cc2)c1.[Br-]. The van der Waals surface area contributed by atoms with E-state index in [-0.39, 0.29) is 35.1 Å². The largest absolute Gasteiger partial charge is 1.00 e. The van der Waals surface area contributed by atoms with Gasteiger partial charge in [0.05, 0.1) is 7.11 Å². The second-order valence-corrected chi connectivity index (χ2v) is 5.61. The van der Waals surface area contributed by atoms with Crippen molar-refractivity contribution in [2.75, 3.05) is 7.11 Å². The van der Waals surface area contributed by atoms with Crippen LogP contribution in [0.15, 0.2) is 79.1 Å². The van der Waals surface area contributed by atoms with Gasteiger partial charge in [-0.2, -0.15) is 4.57 Å². The number of aromatic nitrogens is 1. The van der Waals surface area contributed by atoms with Crippen molar-refractivity contribution in [3.8, 4) is 5.75 Å². The van der Waals surface area contributed by atoms with Crippen LogP contribution in [-0.4, -0.2) is 18.7 Å². The van der Waals surface area contributed by atoms with Crippen molar-refractivity contribution in [2.24, 2.45) is 0 Å². The first-order valence-corrected chi connectivity index (χ1v) is 7.93. The minimum atomic E-state index is -0.0353. The van der Waals surface area contributed by atoms with Crippen LogP contribution in [0.1, 0.15) is 26.3 Å². The summed E-state index contributed by atoms with van der Waals surface area (Å²) < 4.78 is 6.90. The van der Waals surface area contributed by atoms with E-state index < -0.39 is 0 Å². The number of pyridine rings is 1. The van der Waals surface area contributed by atoms with Crippen molar-refractivity contribution in [1.82, 2.24) is 0 Å². The lowest BCUT2D eigenvalue weighted by atomic mass is 10.0. The van der Waals surface area contributed by atoms with Crippen molar-refractivity contribution in [2.45, 2.75) is 6.54 Å². The van der Waals surface area contributed by atoms with E-state index >= 15 is 0 Å². The summed E-state index contributed by atoms with van der Waals surface area (Å²) in [5.74, 6) is 0.595. The Balaban J connectivity index is 0.00000243. The summed E-state index contributed by atoms with van der Waals surface area (Å²) in [5.41, 5.74) is 1.83. The fourth-order valence-electron chi connectivity index (χ4n) is 2.52. The van der Waals surface area contributed by atoms with Crippen LogP contribution in [-0.2, 0) is 6.54 Å². The molecule has 0 unspecified atom stereocenters. The van der Waals surface area contributed by atoms with Crippen LogP contribution in [0.4, 0.5) is 0 Å². The van der Waals surface area contributed by atoms with E-state index in [1.54, 1.807) is 72.6 Å². The van der Waals surface area contributed by atoms with Gasteiger partial charge >= 0.3 is 0 Å². The summed E-state index contributed by atoms with van der Waals surface area (Å²) in [6.45, 7) is 0.201. The Kier molecular flexibility index (Phi) is 6.81. The normalized spacial score (nSPS) is 9.88. The topological polar surface area (TPSA) is 47.2 Å². The zero-order valence-electron chi connectivity index (χ0n) is 14.3. The number of hydrogen-bond donors (Lipinski definition) is 0. The number of carbonyl (C=O) groups excluding carboxylic acids is 2. The Morgan fingerprint density at radius 1 is 0.846 bits per heavy atom. The Hall–Kier alpha value is -2.79. The van der Waals surface area contributed by atoms with Crippen molar-refractivity contribution in [1.29, 1.82) is 0 Å². The maximum Gasteiger partial charge on any atom is 0.227 e. The molecule has 0 radical (unpaired) electrons. The summed E-state index contributed by atoms with van der Waals surface area (Å²) in [6, 6.07) is 19.7. The van der Waals surface area contributed by atoms with Gasteiger partial charge in [-0.25, -0.2) is 0 Å². The van der Waals surface area contributed by atoms with Gasteiger partial charge in [-0.1, -0.05) is 42.5 Å². The second kappa shape index (κ2) is 9.06. The maximum absolute atomic E-state index is 12.4. The molecule has 0 fully saturated rings. The van der Waals surface area contributed by atoms with E-state index in [2.05, 4.69) is 0 Å². The maximum atomic E-state index is 12.4. The lowest BCUT2D eigenvalue weighted by Crippen LogP contribution is -3.00. The van der Waals surface area contributed by atoms with Gasteiger partial charge in [-0.3, -0.25) is 9.59 Å². The molecule has 1 aromatic heterocycles. The minimum absolute atomic E-state index is 0. The molecule has 0 amide bonds. The van der Waals surface area contributed by atoms with Crippen LogP contribution in [0.25, 0.3) is 0 Å². The third kappa shape index (κ3) is 4.64. The van der Waals surface area contributed by atoms with Crippen LogP contribution in [0, 0.1) is 0 Å². The number of ether oxygens (including phenoxy) is 1. The fraction of sp³-hybridized carbons (Fsp3) is 0.0952. The first kappa shape index (κ1) is 19.5. The molecule has 0 bridgehead atoms. The molecule has 3 rings (SSSR count). The third-order valence-corrected chi connectivity index (χ3v) is 3.91. The summed E-state index contributed by atoms with van der Waals surface area (Å²) in [6.07, 6.45) is 3.49. The van der Waals surface area contributed by atoms with E-state index in [1.165, 1.54) is 0 Å². The molecule has 2 aromatic carbocycles. The van der Waals surface area contributed by atoms with E-state index in [0.29, 0.717) is 22.4 Å². The van der Waals surface area contributed by atoms with Gasteiger partial charge in [-0.15, -0.1) is 0 Å². The molecular formula is C21H18BrNO3. The predicted octanol–water partition coefficient (Wildman–Crippen LogP) is 0.101. The van der Waals surface area contributed by atoms with Gasteiger partial charge < -0.3 is 21.7 Å². The molecule has 26 heavy (non-hydrogen) atoms. The number of carbonyl (C=O) groups is 2. The number of rotatable bonds is 6. The van der Waals surface area contributed by atoms with Crippen molar-refractivity contribution in [3.63, 3.8) is 0 Å². The number of hydrogen-bond acceptors (Lipinski definition) is 3. The van der Waals surface area contributed by atoms with Crippen LogP contribution in [0.5, 0.6) is 5.75 Å². The zero-order chi connectivity index (χ0) is 17.6. The quantitative estimate of drug-likeness (QED) is 0.427. The number of Topliss-reactive ketones (excluding diaryl/α,β-unsaturated/α-hetero) is 1. The highest BCUT2D eigenvalue weighted by atomic mass is 79.9. The number of methoxy groups -OCH3 is 1. The van der Waals surface area contributed by atoms with Crippen LogP contribution >= 0.6 is 0 Å². The fourth-order valence-corrected chi connectivity index (χ4v) is 2.52. The van der Waals surface area contributed by atoms with E-state index in [1.807, 2.05) is 18.2 Å². The van der Waals surface area contributed by atoms with Crippen molar-refractivity contribution < 1.29 is 35.9 Å². The average molecular weight is 412 g/mol. The standard InChI is InChI=1S/C21H18NO3.BrH/c1-25-19-9-5-8-18(14-19)20(23)15-22-12-10-17(11-13-22)21(24)16-6-3-2-4-7-16;/h2-14H,15H2,1H3;1H/q+1;/p-1. The molecular weight excluding hydrogens is 394 g/mol. The molecule has 0 aliphatic rings. The minimum Gasteiger partial charge on any atom is -1.00 e. The average Bonchev–Trinajstić information content (AvgIpc) is 2.68. The predicted molar refractivity (Wildman–Crippen MR) is 93.8 cm³/mol. The highest BCUT2D eigenvalue weighted by Crippen LogP contribution is 2.13. The first-order chi connectivity index (χ1) is 12.2. The van der Waals surface area contributed by atoms with E-state index in [0.717, 1.165) is 0 Å². The van der Waals surface area contributed by atoms with Gasteiger partial charge in [0.1, 0.15) is 5.75 Å². The Labute approximate surface area is 162 Å². The molecule has 0 saturated heterocycles. The molecule has 1 heterocycles. The molecule has 0 aliphatic carbocycles. The summed E-state index contributed by atoms with van der Waals surface area (Å²) in [4.78, 5) is 24.8. The zero-order valence-corrected chi connectivity index (χ0v) is 15.8. The summed E-state index contributed by atoms with van der Waals surface area (Å²) in [7, 11) is 1.57. The molecule has 3 aromatic rings. The third-order valence-electron chi connectivity index (χ3n) is 3.91. The van der Waals surface area contributed by atoms with Gasteiger partial charge in [0.2, 0.25) is 12.3 Å². The lowest BCUT2D eigenvalue weighted by Gasteiger charge is -2.03. The number of ketones is 2. The monoisotopic (exact) mass is 411 g/mol. The number of nitrogens with zero attached hydrogens (tertiary/aromatic N) is 1. The Morgan fingerprint density at radius 2 is 1.46 bits per heavy atom. The van der Waals surface area contributed by atoms with E-state index in [4.69, 9.17) is 4.74 Å². The van der Waals surface area contributed by atoms with Gasteiger partial charge in [0.15, 0.2) is 18.2 Å². The molecule has 0 aliphatic heterocycles. The smallest absolute Gasteiger partial charge is 0.227 e. The van der Waals surface area contributed by atoms with Crippen LogP contribution in [0.3, 0.4) is 0 Å². The molecule has 5 heteroatoms. The molecule has 0 spiro atoms. The number of benzene rings is 2. The van der Waals surface area contributed by atoms with Crippen LogP contribution < -0.4 is 26.3 Å². The lowest BCUT2D eigenvalue weighted by molar-refractivity contribution is -0.683. The van der Waals surface area contributed by atoms with E-state index in [9.17, 15) is 9.59 Å². The summed E-state index contributed by atoms with van der Waals surface area (Å²) in [5, 5.41) is 0. The van der Waals surface area contributed by atoms with Gasteiger partial charge in [-0.05, 0) is 12.1 Å². The van der Waals surface area contributed by atoms with Crippen molar-refractivity contribution in [3.05, 3.63) is 95.8 Å². The molecule has 0 atom stereocenters. The summed E-state index contributed by atoms with van der Waals surface area (Å²) >= 11 is 0. The second-order valence-electron chi connectivity index (χ2n) is 5.61. The van der Waals surface area contributed by atoms with Gasteiger partial charge in [0, 0.05) is 28.8 Å². The highest BCUT2D eigenvalue weighted by Gasteiger charge is 2.15. The molecule has 0 N–H and O–H groups in total. The molecule has 132 valence electrons. The molecule has 4 nitrogen and oxygen atoms in total.